The molecule has 0 aliphatic heterocycles. The van der Waals surface area contributed by atoms with E-state index in [-0.39, 0.29) is 0 Å². The highest BCUT2D eigenvalue weighted by Crippen LogP contribution is 2.21. The van der Waals surface area contributed by atoms with E-state index in [4.69, 9.17) is 0 Å². The van der Waals surface area contributed by atoms with Crippen LogP contribution in [0, 0.1) is 0 Å². The van der Waals surface area contributed by atoms with Gasteiger partial charge in [-0.3, -0.25) is 0 Å². The second kappa shape index (κ2) is 5.87. The maximum Gasteiger partial charge on any atom is 0.148 e. The van der Waals surface area contributed by atoms with Crippen LogP contribution in [0.2, 0.25) is 0 Å². The van der Waals surface area contributed by atoms with Gasteiger partial charge >= 0.3 is 0 Å². The molecule has 0 fully saturated rings. The van der Waals surface area contributed by atoms with E-state index < -0.39 is 0 Å². The third-order valence-corrected chi connectivity index (χ3v) is 3.23. The summed E-state index contributed by atoms with van der Waals surface area (Å²) < 4.78 is 0. The molecule has 2 rings (SSSR count). The van der Waals surface area contributed by atoms with Crippen molar-refractivity contribution >= 4 is 17.6 Å². The van der Waals surface area contributed by atoms with Gasteiger partial charge in [0.1, 0.15) is 5.82 Å². The van der Waals surface area contributed by atoms with Gasteiger partial charge in [-0.05, 0) is 44.4 Å². The highest BCUT2D eigenvalue weighted by molar-refractivity contribution is 7.98. The molecule has 1 N–H and O–H groups in total. The van der Waals surface area contributed by atoms with Gasteiger partial charge < -0.3 is 5.32 Å². The van der Waals surface area contributed by atoms with Crippen molar-refractivity contribution in [2.75, 3.05) is 11.6 Å². The Morgan fingerprint density at radius 3 is 2.22 bits per heavy atom. The lowest BCUT2D eigenvalue weighted by molar-refractivity contribution is 0.874. The fourth-order valence-corrected chi connectivity index (χ4v) is 2.03. The highest BCUT2D eigenvalue weighted by Gasteiger charge is 2.02. The molecule has 0 radical (unpaired) electrons. The molecule has 0 atom stereocenters. The number of hydrogen-bond acceptors (Lipinski definition) is 4. The molecule has 3 nitrogen and oxygen atoms in total. The number of hydrogen-bond donors (Lipinski definition) is 1. The summed E-state index contributed by atoms with van der Waals surface area (Å²) in [4.78, 5) is 1.25. The molecule has 1 aromatic heterocycles. The lowest BCUT2D eigenvalue weighted by Gasteiger charge is -2.08. The van der Waals surface area contributed by atoms with Crippen LogP contribution < -0.4 is 5.32 Å². The fourth-order valence-electron chi connectivity index (χ4n) is 1.62. The Bertz CT molecular complexity index is 491. The summed E-state index contributed by atoms with van der Waals surface area (Å²) in [5.41, 5.74) is 1.99. The standard InChI is InChI=1S/C14H17N3S/c1-10(2)15-14-9-8-13(16-17-14)11-4-6-12(18-3)7-5-11/h4-10H,1-3H3,(H,15,17). The van der Waals surface area contributed by atoms with Crippen LogP contribution in [-0.4, -0.2) is 22.5 Å². The lowest BCUT2D eigenvalue weighted by Crippen LogP contribution is -2.11. The van der Waals surface area contributed by atoms with Crippen LogP contribution in [0.3, 0.4) is 0 Å². The van der Waals surface area contributed by atoms with E-state index in [1.165, 1.54) is 4.90 Å². The minimum atomic E-state index is 0.367. The Hall–Kier alpha value is -1.55. The highest BCUT2D eigenvalue weighted by atomic mass is 32.2. The first-order chi connectivity index (χ1) is 8.69. The van der Waals surface area contributed by atoms with Crippen molar-refractivity contribution in [3.8, 4) is 11.3 Å². The quantitative estimate of drug-likeness (QED) is 0.850. The number of aromatic nitrogens is 2. The summed E-state index contributed by atoms with van der Waals surface area (Å²) >= 11 is 1.74. The Balaban J connectivity index is 2.17. The van der Waals surface area contributed by atoms with Crippen molar-refractivity contribution in [2.45, 2.75) is 24.8 Å². The van der Waals surface area contributed by atoms with Crippen molar-refractivity contribution in [3.63, 3.8) is 0 Å². The van der Waals surface area contributed by atoms with Crippen molar-refractivity contribution in [3.05, 3.63) is 36.4 Å². The third kappa shape index (κ3) is 3.23. The molecule has 1 aromatic carbocycles. The first-order valence-electron chi connectivity index (χ1n) is 5.94. The molecule has 0 saturated carbocycles. The van der Waals surface area contributed by atoms with Gasteiger partial charge in [0.2, 0.25) is 0 Å². The summed E-state index contributed by atoms with van der Waals surface area (Å²) in [6, 6.07) is 12.7. The average Bonchev–Trinajstić information content (AvgIpc) is 2.39. The van der Waals surface area contributed by atoms with Gasteiger partial charge in [-0.1, -0.05) is 12.1 Å². The van der Waals surface area contributed by atoms with E-state index in [2.05, 4.69) is 59.9 Å². The van der Waals surface area contributed by atoms with E-state index in [1.54, 1.807) is 11.8 Å². The second-order valence-electron chi connectivity index (χ2n) is 4.33. The minimum Gasteiger partial charge on any atom is -0.366 e. The van der Waals surface area contributed by atoms with Gasteiger partial charge in [0, 0.05) is 16.5 Å². The van der Waals surface area contributed by atoms with Gasteiger partial charge in [0.15, 0.2) is 0 Å². The number of nitrogens with zero attached hydrogens (tertiary/aromatic N) is 2. The second-order valence-corrected chi connectivity index (χ2v) is 5.21. The van der Waals surface area contributed by atoms with Crippen molar-refractivity contribution < 1.29 is 0 Å². The number of anilines is 1. The van der Waals surface area contributed by atoms with Crippen molar-refractivity contribution in [1.29, 1.82) is 0 Å². The lowest BCUT2D eigenvalue weighted by atomic mass is 10.1. The Kier molecular flexibility index (Phi) is 4.20. The summed E-state index contributed by atoms with van der Waals surface area (Å²) in [5, 5.41) is 11.6. The molecule has 94 valence electrons. The van der Waals surface area contributed by atoms with Crippen LogP contribution in [0.25, 0.3) is 11.3 Å². The topological polar surface area (TPSA) is 37.8 Å². The molecule has 0 aliphatic rings. The largest absolute Gasteiger partial charge is 0.366 e. The molecule has 4 heteroatoms. The fraction of sp³-hybridized carbons (Fsp3) is 0.286. The first kappa shape index (κ1) is 12.9. The third-order valence-electron chi connectivity index (χ3n) is 2.49. The SMILES string of the molecule is CSc1ccc(-c2ccc(NC(C)C)nn2)cc1. The van der Waals surface area contributed by atoms with Crippen LogP contribution in [0.5, 0.6) is 0 Å². The first-order valence-corrected chi connectivity index (χ1v) is 7.16. The number of rotatable bonds is 4. The van der Waals surface area contributed by atoms with Crippen LogP contribution in [0.15, 0.2) is 41.3 Å². The Morgan fingerprint density at radius 2 is 1.72 bits per heavy atom. The number of thioether (sulfide) groups is 1. The molecular weight excluding hydrogens is 242 g/mol. The molecule has 0 saturated heterocycles. The zero-order valence-electron chi connectivity index (χ0n) is 10.8. The summed E-state index contributed by atoms with van der Waals surface area (Å²) in [6.45, 7) is 4.16. The predicted molar refractivity (Wildman–Crippen MR) is 78.0 cm³/mol. The molecule has 18 heavy (non-hydrogen) atoms. The zero-order valence-corrected chi connectivity index (χ0v) is 11.7. The average molecular weight is 259 g/mol. The van der Waals surface area contributed by atoms with E-state index in [9.17, 15) is 0 Å². The van der Waals surface area contributed by atoms with E-state index in [1.807, 2.05) is 12.1 Å². The van der Waals surface area contributed by atoms with Crippen molar-refractivity contribution in [2.24, 2.45) is 0 Å². The molecule has 0 aliphatic carbocycles. The molecule has 0 unspecified atom stereocenters. The summed E-state index contributed by atoms with van der Waals surface area (Å²) in [5.74, 6) is 0.814. The minimum absolute atomic E-state index is 0.367. The monoisotopic (exact) mass is 259 g/mol. The normalized spacial score (nSPS) is 10.7. The maximum atomic E-state index is 4.24. The predicted octanol–water partition coefficient (Wildman–Crippen LogP) is 3.69. The van der Waals surface area contributed by atoms with E-state index in [0.717, 1.165) is 17.1 Å². The molecule has 2 aromatic rings. The van der Waals surface area contributed by atoms with Crippen LogP contribution >= 0.6 is 11.8 Å². The van der Waals surface area contributed by atoms with E-state index in [0.29, 0.717) is 6.04 Å². The van der Waals surface area contributed by atoms with Gasteiger partial charge in [0.25, 0.3) is 0 Å². The molecule has 0 amide bonds. The Labute approximate surface area is 112 Å². The molecule has 1 heterocycles. The number of nitrogens with one attached hydrogen (secondary N) is 1. The van der Waals surface area contributed by atoms with Gasteiger partial charge in [-0.15, -0.1) is 22.0 Å². The molecule has 0 bridgehead atoms. The van der Waals surface area contributed by atoms with Gasteiger partial charge in [0.05, 0.1) is 5.69 Å². The molecular formula is C14H17N3S. The maximum absolute atomic E-state index is 4.24. The smallest absolute Gasteiger partial charge is 0.148 e. The van der Waals surface area contributed by atoms with Gasteiger partial charge in [-0.25, -0.2) is 0 Å². The number of benzene rings is 1. The van der Waals surface area contributed by atoms with Crippen molar-refractivity contribution in [1.82, 2.24) is 10.2 Å². The Morgan fingerprint density at radius 1 is 1.00 bits per heavy atom. The summed E-state index contributed by atoms with van der Waals surface area (Å²) in [6.07, 6.45) is 2.07. The zero-order chi connectivity index (χ0) is 13.0. The summed E-state index contributed by atoms with van der Waals surface area (Å²) in [7, 11) is 0. The van der Waals surface area contributed by atoms with Crippen LogP contribution in [0.1, 0.15) is 13.8 Å². The van der Waals surface area contributed by atoms with Crippen LogP contribution in [0.4, 0.5) is 5.82 Å². The molecule has 0 spiro atoms. The van der Waals surface area contributed by atoms with Gasteiger partial charge in [-0.2, -0.15) is 0 Å². The van der Waals surface area contributed by atoms with Crippen LogP contribution in [-0.2, 0) is 0 Å². The van der Waals surface area contributed by atoms with E-state index >= 15 is 0 Å².